The molecule has 10 nitrogen and oxygen atoms in total. The predicted molar refractivity (Wildman–Crippen MR) is 107 cm³/mol. The number of amides is 2. The van der Waals surface area contributed by atoms with Crippen LogP contribution in [0, 0.1) is 0 Å². The molecule has 11 heteroatoms. The Morgan fingerprint density at radius 1 is 1.07 bits per heavy atom. The zero-order chi connectivity index (χ0) is 21.9. The van der Waals surface area contributed by atoms with E-state index in [9.17, 15) is 27.4 Å². The highest BCUT2D eigenvalue weighted by molar-refractivity contribution is 7.95. The standard InChI is InChI=1S/C19H16N4O6S/c20-18(25)17(19(26)21-11-6-2-1-3-7-11)23-22-16-13-9-5-4-8-12(13)15(10-14(16)24)30(27,28)29/h1-10,16-17H,(H2,20,25)(H,21,26)(H,27,28,29). The number of ketones is 1. The first-order valence-electron chi connectivity index (χ1n) is 8.56. The first-order valence-corrected chi connectivity index (χ1v) is 10.00. The number of azo groups is 1. The molecule has 2 unspecified atom stereocenters. The van der Waals surface area contributed by atoms with Crippen LogP contribution in [0.15, 0.2) is 70.9 Å². The van der Waals surface area contributed by atoms with Crippen molar-refractivity contribution in [1.82, 2.24) is 0 Å². The number of anilines is 1. The summed E-state index contributed by atoms with van der Waals surface area (Å²) in [5.74, 6) is -2.72. The molecule has 154 valence electrons. The van der Waals surface area contributed by atoms with Gasteiger partial charge in [0.25, 0.3) is 21.9 Å². The van der Waals surface area contributed by atoms with Gasteiger partial charge in [0.2, 0.25) is 6.04 Å². The fraction of sp³-hybridized carbons (Fsp3) is 0.105. The molecule has 0 spiro atoms. The molecule has 2 aromatic carbocycles. The van der Waals surface area contributed by atoms with Gasteiger partial charge in [-0.15, -0.1) is 0 Å². The molecule has 0 aliphatic heterocycles. The Morgan fingerprint density at radius 3 is 2.33 bits per heavy atom. The third kappa shape index (κ3) is 4.47. The molecule has 1 aliphatic rings. The second-order valence-corrected chi connectivity index (χ2v) is 7.66. The van der Waals surface area contributed by atoms with Crippen LogP contribution in [0.5, 0.6) is 0 Å². The van der Waals surface area contributed by atoms with Gasteiger partial charge in [-0.1, -0.05) is 42.5 Å². The number of para-hydroxylation sites is 1. The van der Waals surface area contributed by atoms with Crippen LogP contribution in [0.25, 0.3) is 4.91 Å². The second kappa shape index (κ2) is 8.35. The van der Waals surface area contributed by atoms with E-state index >= 15 is 0 Å². The fourth-order valence-electron chi connectivity index (χ4n) is 2.84. The Bertz CT molecular complexity index is 1170. The van der Waals surface area contributed by atoms with E-state index < -0.39 is 44.7 Å². The van der Waals surface area contributed by atoms with Gasteiger partial charge in [-0.2, -0.15) is 18.6 Å². The van der Waals surface area contributed by atoms with Crippen molar-refractivity contribution in [2.75, 3.05) is 5.32 Å². The highest BCUT2D eigenvalue weighted by Gasteiger charge is 2.33. The molecule has 1 aliphatic carbocycles. The van der Waals surface area contributed by atoms with Crippen molar-refractivity contribution >= 4 is 38.3 Å². The van der Waals surface area contributed by atoms with Gasteiger partial charge in [0.15, 0.2) is 11.8 Å². The average Bonchev–Trinajstić information content (AvgIpc) is 2.69. The van der Waals surface area contributed by atoms with Crippen LogP contribution in [0.3, 0.4) is 0 Å². The Balaban J connectivity index is 1.91. The molecule has 0 bridgehead atoms. The quantitative estimate of drug-likeness (QED) is 0.358. The lowest BCUT2D eigenvalue weighted by molar-refractivity contribution is -0.127. The molecule has 0 heterocycles. The average molecular weight is 428 g/mol. The van der Waals surface area contributed by atoms with Gasteiger partial charge >= 0.3 is 0 Å². The van der Waals surface area contributed by atoms with E-state index in [1.54, 1.807) is 30.3 Å². The number of nitrogens with two attached hydrogens (primary N) is 1. The number of primary amides is 1. The summed E-state index contributed by atoms with van der Waals surface area (Å²) in [7, 11) is -4.66. The maximum atomic E-state index is 12.4. The maximum absolute atomic E-state index is 12.4. The van der Waals surface area contributed by atoms with E-state index in [4.69, 9.17) is 5.73 Å². The van der Waals surface area contributed by atoms with E-state index in [2.05, 4.69) is 15.5 Å². The van der Waals surface area contributed by atoms with Gasteiger partial charge in [0.05, 0.1) is 0 Å². The summed E-state index contributed by atoms with van der Waals surface area (Å²) < 4.78 is 32.6. The highest BCUT2D eigenvalue weighted by atomic mass is 32.2. The number of fused-ring (bicyclic) bond motifs is 1. The second-order valence-electron chi connectivity index (χ2n) is 6.27. The van der Waals surface area contributed by atoms with Gasteiger partial charge in [-0.3, -0.25) is 18.9 Å². The lowest BCUT2D eigenvalue weighted by atomic mass is 9.92. The van der Waals surface area contributed by atoms with Crippen molar-refractivity contribution in [3.8, 4) is 0 Å². The third-order valence-corrected chi connectivity index (χ3v) is 5.09. The summed E-state index contributed by atoms with van der Waals surface area (Å²) in [6.07, 6.45) is 0.727. The van der Waals surface area contributed by atoms with Crippen LogP contribution in [-0.2, 0) is 24.5 Å². The topological polar surface area (TPSA) is 168 Å². The molecular formula is C19H16N4O6S. The van der Waals surface area contributed by atoms with E-state index in [0.29, 0.717) is 5.69 Å². The van der Waals surface area contributed by atoms with Crippen molar-refractivity contribution in [3.63, 3.8) is 0 Å². The molecule has 0 saturated carbocycles. The molecule has 3 rings (SSSR count). The maximum Gasteiger partial charge on any atom is 0.295 e. The van der Waals surface area contributed by atoms with Crippen LogP contribution in [-0.4, -0.2) is 36.6 Å². The minimum absolute atomic E-state index is 0.0629. The van der Waals surface area contributed by atoms with Crippen molar-refractivity contribution in [2.45, 2.75) is 12.1 Å². The first kappa shape index (κ1) is 21.0. The van der Waals surface area contributed by atoms with Gasteiger partial charge in [-0.05, 0) is 17.7 Å². The van der Waals surface area contributed by atoms with Crippen LogP contribution >= 0.6 is 0 Å². The number of nitrogens with one attached hydrogen (secondary N) is 1. The Labute approximate surface area is 171 Å². The summed E-state index contributed by atoms with van der Waals surface area (Å²) in [6, 6.07) is 11.1. The number of benzene rings is 2. The van der Waals surface area contributed by atoms with Crippen LogP contribution in [0.4, 0.5) is 5.69 Å². The molecular weight excluding hydrogens is 412 g/mol. The molecule has 4 N–H and O–H groups in total. The molecule has 2 aromatic rings. The van der Waals surface area contributed by atoms with Gasteiger partial charge < -0.3 is 11.1 Å². The summed E-state index contributed by atoms with van der Waals surface area (Å²) in [4.78, 5) is 35.9. The van der Waals surface area contributed by atoms with Crippen molar-refractivity contribution < 1.29 is 27.4 Å². The van der Waals surface area contributed by atoms with Crippen molar-refractivity contribution in [2.24, 2.45) is 16.0 Å². The smallest absolute Gasteiger partial charge is 0.295 e. The Kier molecular flexibility index (Phi) is 5.85. The molecule has 0 fully saturated rings. The molecule has 0 saturated heterocycles. The van der Waals surface area contributed by atoms with E-state index in [-0.39, 0.29) is 11.1 Å². The first-order chi connectivity index (χ1) is 14.2. The van der Waals surface area contributed by atoms with Crippen LogP contribution < -0.4 is 11.1 Å². The normalized spacial score (nSPS) is 17.2. The minimum atomic E-state index is -4.66. The predicted octanol–water partition coefficient (Wildman–Crippen LogP) is 1.48. The van der Waals surface area contributed by atoms with E-state index in [0.717, 1.165) is 6.08 Å². The lowest BCUT2D eigenvalue weighted by Gasteiger charge is -2.20. The molecule has 2 amide bonds. The zero-order valence-electron chi connectivity index (χ0n) is 15.3. The highest BCUT2D eigenvalue weighted by Crippen LogP contribution is 2.35. The molecule has 30 heavy (non-hydrogen) atoms. The third-order valence-electron chi connectivity index (χ3n) is 4.20. The molecule has 0 radical (unpaired) electrons. The lowest BCUT2D eigenvalue weighted by Crippen LogP contribution is -2.38. The summed E-state index contributed by atoms with van der Waals surface area (Å²) in [5, 5.41) is 9.92. The number of rotatable bonds is 6. The number of hydrogen-bond acceptors (Lipinski definition) is 7. The largest absolute Gasteiger partial charge is 0.367 e. The van der Waals surface area contributed by atoms with Gasteiger partial charge in [-0.25, -0.2) is 0 Å². The number of carbonyl (C=O) groups excluding carboxylic acids is 3. The van der Waals surface area contributed by atoms with Gasteiger partial charge in [0, 0.05) is 17.3 Å². The number of nitrogens with zero attached hydrogens (tertiary/aromatic N) is 2. The van der Waals surface area contributed by atoms with E-state index in [1.165, 1.54) is 24.3 Å². The molecule has 0 aromatic heterocycles. The molecule has 2 atom stereocenters. The zero-order valence-corrected chi connectivity index (χ0v) is 16.1. The monoisotopic (exact) mass is 428 g/mol. The number of carbonyl (C=O) groups is 3. The van der Waals surface area contributed by atoms with Crippen molar-refractivity contribution in [1.29, 1.82) is 0 Å². The minimum Gasteiger partial charge on any atom is -0.367 e. The fourth-order valence-corrected chi connectivity index (χ4v) is 3.56. The number of hydrogen-bond donors (Lipinski definition) is 3. The summed E-state index contributed by atoms with van der Waals surface area (Å²) >= 11 is 0. The summed E-state index contributed by atoms with van der Waals surface area (Å²) in [5.41, 5.74) is 5.87. The van der Waals surface area contributed by atoms with Crippen LogP contribution in [0.1, 0.15) is 17.2 Å². The van der Waals surface area contributed by atoms with Gasteiger partial charge in [0.1, 0.15) is 4.91 Å². The Morgan fingerprint density at radius 2 is 1.70 bits per heavy atom. The van der Waals surface area contributed by atoms with Crippen molar-refractivity contribution in [3.05, 3.63) is 71.8 Å². The van der Waals surface area contributed by atoms with Crippen LogP contribution in [0.2, 0.25) is 0 Å². The summed E-state index contributed by atoms with van der Waals surface area (Å²) in [6.45, 7) is 0. The van der Waals surface area contributed by atoms with E-state index in [1.807, 2.05) is 0 Å². The Hall–Kier alpha value is -3.70. The SMILES string of the molecule is NC(=O)C(N=NC1C(=O)C=C(S(=O)(=O)O)c2ccccc21)C(=O)Nc1ccccc1.